The van der Waals surface area contributed by atoms with Crippen LogP contribution in [0.4, 0.5) is 0 Å². The van der Waals surface area contributed by atoms with Crippen LogP contribution in [-0.4, -0.2) is 52.1 Å². The number of hydrazone groups is 1. The van der Waals surface area contributed by atoms with Crippen LogP contribution >= 0.6 is 0 Å². The zero-order valence-electron chi connectivity index (χ0n) is 17.1. The number of hydrogen-bond acceptors (Lipinski definition) is 6. The van der Waals surface area contributed by atoms with Crippen molar-refractivity contribution in [3.63, 3.8) is 0 Å². The topological polar surface area (TPSA) is 85.3 Å². The Morgan fingerprint density at radius 2 is 1.76 bits per heavy atom. The third-order valence-electron chi connectivity index (χ3n) is 4.81. The molecule has 0 N–H and O–H groups in total. The Labute approximate surface area is 170 Å². The number of amides is 1. The summed E-state index contributed by atoms with van der Waals surface area (Å²) in [6.45, 7) is 4.38. The van der Waals surface area contributed by atoms with Gasteiger partial charge in [-0.2, -0.15) is 5.10 Å². The van der Waals surface area contributed by atoms with Gasteiger partial charge in [-0.15, -0.1) is 0 Å². The van der Waals surface area contributed by atoms with Gasteiger partial charge in [-0.3, -0.25) is 4.79 Å². The van der Waals surface area contributed by atoms with Crippen LogP contribution in [0, 0.1) is 5.41 Å². The van der Waals surface area contributed by atoms with Crippen LogP contribution in [0.2, 0.25) is 0 Å². The fourth-order valence-electron chi connectivity index (χ4n) is 3.30. The molecule has 0 radical (unpaired) electrons. The lowest BCUT2D eigenvalue weighted by Gasteiger charge is -2.21. The Kier molecular flexibility index (Phi) is 5.40. The molecular weight excluding hydrogens is 392 g/mol. The number of rotatable bonds is 5. The normalized spacial score (nSPS) is 15.8. The number of hydrogen-bond donors (Lipinski definition) is 0. The van der Waals surface area contributed by atoms with Crippen LogP contribution in [0.3, 0.4) is 0 Å². The summed E-state index contributed by atoms with van der Waals surface area (Å²) in [5.41, 5.74) is 1.45. The van der Waals surface area contributed by atoms with E-state index in [1.807, 2.05) is 26.0 Å². The van der Waals surface area contributed by atoms with Crippen LogP contribution < -0.4 is 9.47 Å². The fourth-order valence-corrected chi connectivity index (χ4v) is 3.97. The van der Waals surface area contributed by atoms with Crippen molar-refractivity contribution in [1.82, 2.24) is 5.01 Å². The van der Waals surface area contributed by atoms with Crippen LogP contribution in [-0.2, 0) is 9.84 Å². The van der Waals surface area contributed by atoms with E-state index in [1.165, 1.54) is 17.1 Å². The van der Waals surface area contributed by atoms with Gasteiger partial charge in [-0.05, 0) is 36.4 Å². The molecule has 0 saturated heterocycles. The molecule has 1 amide bonds. The Morgan fingerprint density at radius 3 is 2.38 bits per heavy atom. The molecule has 2 aromatic rings. The van der Waals surface area contributed by atoms with Crippen LogP contribution in [0.15, 0.2) is 52.5 Å². The van der Waals surface area contributed by atoms with Crippen molar-refractivity contribution >= 4 is 21.5 Å². The number of benzene rings is 2. The number of carbonyl (C=O) groups excluding carboxylic acids is 1. The van der Waals surface area contributed by atoms with E-state index in [0.29, 0.717) is 18.0 Å². The summed E-state index contributed by atoms with van der Waals surface area (Å²) in [6.07, 6.45) is 1.11. The molecule has 0 unspecified atom stereocenters. The van der Waals surface area contributed by atoms with E-state index >= 15 is 0 Å². The standard InChI is InChI=1S/C21H24N2O5S/c1-21(2)13-23(20(24)15-7-6-8-16(11-15)29(5,25)26)22-19(21)14-9-10-17(27-3)18(12-14)28-4/h6-12H,13H2,1-5H3. The Morgan fingerprint density at radius 1 is 1.07 bits per heavy atom. The quantitative estimate of drug-likeness (QED) is 0.748. The minimum atomic E-state index is -3.41. The highest BCUT2D eigenvalue weighted by Crippen LogP contribution is 2.35. The summed E-state index contributed by atoms with van der Waals surface area (Å²) < 4.78 is 34.3. The molecule has 0 aliphatic carbocycles. The second kappa shape index (κ2) is 7.51. The maximum Gasteiger partial charge on any atom is 0.274 e. The second-order valence-electron chi connectivity index (χ2n) is 7.57. The lowest BCUT2D eigenvalue weighted by Crippen LogP contribution is -2.31. The van der Waals surface area contributed by atoms with E-state index in [2.05, 4.69) is 5.10 Å². The predicted octanol–water partition coefficient (Wildman–Crippen LogP) is 2.99. The first-order chi connectivity index (χ1) is 13.6. The first-order valence-electron chi connectivity index (χ1n) is 9.00. The summed E-state index contributed by atoms with van der Waals surface area (Å²) in [5, 5.41) is 5.95. The van der Waals surface area contributed by atoms with Gasteiger partial charge in [0, 0.05) is 22.8 Å². The largest absolute Gasteiger partial charge is 0.493 e. The lowest BCUT2D eigenvalue weighted by molar-refractivity contribution is 0.0753. The van der Waals surface area contributed by atoms with E-state index in [0.717, 1.165) is 17.5 Å². The molecule has 0 fully saturated rings. The average molecular weight is 416 g/mol. The monoisotopic (exact) mass is 416 g/mol. The van der Waals surface area contributed by atoms with Crippen molar-refractivity contribution in [2.75, 3.05) is 27.0 Å². The first kappa shape index (κ1) is 20.9. The molecule has 0 spiro atoms. The van der Waals surface area contributed by atoms with Crippen LogP contribution in [0.5, 0.6) is 11.5 Å². The van der Waals surface area contributed by atoms with Crippen molar-refractivity contribution in [3.8, 4) is 11.5 Å². The van der Waals surface area contributed by atoms with Gasteiger partial charge < -0.3 is 9.47 Å². The molecule has 154 valence electrons. The van der Waals surface area contributed by atoms with Crippen LogP contribution in [0.1, 0.15) is 29.8 Å². The number of methoxy groups -OCH3 is 2. The van der Waals surface area contributed by atoms with Crippen molar-refractivity contribution < 1.29 is 22.7 Å². The molecule has 1 aliphatic rings. The molecular formula is C21H24N2O5S. The highest BCUT2D eigenvalue weighted by molar-refractivity contribution is 7.90. The predicted molar refractivity (Wildman–Crippen MR) is 110 cm³/mol. The van der Waals surface area contributed by atoms with E-state index in [1.54, 1.807) is 32.4 Å². The third-order valence-corrected chi connectivity index (χ3v) is 5.92. The Hall–Kier alpha value is -2.87. The number of sulfone groups is 1. The van der Waals surface area contributed by atoms with Gasteiger partial charge in [0.05, 0.1) is 31.4 Å². The molecule has 0 atom stereocenters. The zero-order chi connectivity index (χ0) is 21.4. The minimum absolute atomic E-state index is 0.103. The maximum atomic E-state index is 13.0. The first-order valence-corrected chi connectivity index (χ1v) is 10.9. The highest BCUT2D eigenvalue weighted by atomic mass is 32.2. The van der Waals surface area contributed by atoms with E-state index in [-0.39, 0.29) is 16.4 Å². The van der Waals surface area contributed by atoms with Gasteiger partial charge in [0.25, 0.3) is 5.91 Å². The molecule has 29 heavy (non-hydrogen) atoms. The van der Waals surface area contributed by atoms with Gasteiger partial charge >= 0.3 is 0 Å². The molecule has 2 aromatic carbocycles. The van der Waals surface area contributed by atoms with Gasteiger partial charge in [0.15, 0.2) is 21.3 Å². The Bertz CT molecular complexity index is 1090. The summed E-state index contributed by atoms with van der Waals surface area (Å²) in [6, 6.07) is 11.5. The number of ether oxygens (including phenoxy) is 2. The molecule has 1 heterocycles. The maximum absolute atomic E-state index is 13.0. The van der Waals surface area contributed by atoms with Crippen LogP contribution in [0.25, 0.3) is 0 Å². The third kappa shape index (κ3) is 4.12. The van der Waals surface area contributed by atoms with E-state index in [9.17, 15) is 13.2 Å². The highest BCUT2D eigenvalue weighted by Gasteiger charge is 2.38. The SMILES string of the molecule is COc1ccc(C2=NN(C(=O)c3cccc(S(C)(=O)=O)c3)CC2(C)C)cc1OC. The van der Waals surface area contributed by atoms with Crippen molar-refractivity contribution in [3.05, 3.63) is 53.6 Å². The lowest BCUT2D eigenvalue weighted by atomic mass is 9.84. The number of carbonyl (C=O) groups is 1. The molecule has 0 saturated carbocycles. The van der Waals surface area contributed by atoms with Gasteiger partial charge in [0.2, 0.25) is 0 Å². The smallest absolute Gasteiger partial charge is 0.274 e. The van der Waals surface area contributed by atoms with Gasteiger partial charge in [-0.25, -0.2) is 13.4 Å². The van der Waals surface area contributed by atoms with Gasteiger partial charge in [-0.1, -0.05) is 19.9 Å². The van der Waals surface area contributed by atoms with Gasteiger partial charge in [0.1, 0.15) is 0 Å². The summed E-state index contributed by atoms with van der Waals surface area (Å²) in [7, 11) is -0.273. The molecule has 8 heteroatoms. The van der Waals surface area contributed by atoms with Crippen molar-refractivity contribution in [1.29, 1.82) is 0 Å². The molecule has 0 aromatic heterocycles. The zero-order valence-corrected chi connectivity index (χ0v) is 17.9. The second-order valence-corrected chi connectivity index (χ2v) is 9.58. The van der Waals surface area contributed by atoms with Crippen molar-refractivity contribution in [2.45, 2.75) is 18.7 Å². The molecule has 1 aliphatic heterocycles. The minimum Gasteiger partial charge on any atom is -0.493 e. The summed E-state index contributed by atoms with van der Waals surface area (Å²) in [5.74, 6) is 0.839. The number of nitrogens with zero attached hydrogens (tertiary/aromatic N) is 2. The molecule has 0 bridgehead atoms. The Balaban J connectivity index is 1.97. The molecule has 3 rings (SSSR count). The fraction of sp³-hybridized carbons (Fsp3) is 0.333. The van der Waals surface area contributed by atoms with E-state index < -0.39 is 15.3 Å². The average Bonchev–Trinajstić information content (AvgIpc) is 3.01. The van der Waals surface area contributed by atoms with Crippen molar-refractivity contribution in [2.24, 2.45) is 10.5 Å². The summed E-state index contributed by atoms with van der Waals surface area (Å²) in [4.78, 5) is 13.1. The molecule has 7 nitrogen and oxygen atoms in total. The summed E-state index contributed by atoms with van der Waals surface area (Å²) >= 11 is 0. The van der Waals surface area contributed by atoms with E-state index in [4.69, 9.17) is 9.47 Å².